The summed E-state index contributed by atoms with van der Waals surface area (Å²) in [5.41, 5.74) is 1.22. The van der Waals surface area contributed by atoms with Gasteiger partial charge in [0.1, 0.15) is 0 Å². The minimum absolute atomic E-state index is 0.367. The van der Waals surface area contributed by atoms with Crippen molar-refractivity contribution < 1.29 is 9.53 Å². The molecule has 0 aromatic carbocycles. The number of methoxy groups -OCH3 is 1. The largest absolute Gasteiger partial charge is 0.473 e. The predicted molar refractivity (Wildman–Crippen MR) is 23.8 cm³/mol. The maximum absolute atomic E-state index is 9.98. The van der Waals surface area contributed by atoms with Gasteiger partial charge in [-0.25, -0.2) is 5.26 Å². The van der Waals surface area contributed by atoms with E-state index in [-0.39, 0.29) is 9.52 Å². The molecule has 7 heavy (non-hydrogen) atoms. The summed E-state index contributed by atoms with van der Waals surface area (Å²) in [4.78, 5) is 9.98. The Labute approximate surface area is 43.7 Å². The van der Waals surface area contributed by atoms with Crippen molar-refractivity contribution in [2.24, 2.45) is 0 Å². The van der Waals surface area contributed by atoms with Gasteiger partial charge in [-0.2, -0.15) is 0 Å². The van der Waals surface area contributed by atoms with Crippen molar-refractivity contribution in [3.63, 3.8) is 0 Å². The van der Waals surface area contributed by atoms with Gasteiger partial charge in [-0.1, -0.05) is 0 Å². The summed E-state index contributed by atoms with van der Waals surface area (Å²) in [7, 11) is 0.890. The summed E-state index contributed by atoms with van der Waals surface area (Å²) in [5, 5.41) is 7.83. The molecule has 0 unspecified atom stereocenters. The number of hydrogen-bond acceptors (Lipinski definition) is 3. The molecule has 36 valence electrons. The van der Waals surface area contributed by atoms with Gasteiger partial charge in [0.15, 0.2) is 0 Å². The van der Waals surface area contributed by atoms with Crippen LogP contribution in [0.3, 0.4) is 0 Å². The van der Waals surface area contributed by atoms with E-state index in [1.54, 1.807) is 5.69 Å². The molecule has 0 spiro atoms. The standard InChI is InChI=1S/C3H3NO2Si/c1-6-3(5)7-2-4/h1H3. The van der Waals surface area contributed by atoms with Crippen molar-refractivity contribution in [1.82, 2.24) is 0 Å². The van der Waals surface area contributed by atoms with Crippen LogP contribution in [0.15, 0.2) is 0 Å². The summed E-state index contributed by atoms with van der Waals surface area (Å²) in [5.74, 6) is 0. The molecule has 2 radical (unpaired) electrons. The Morgan fingerprint density at radius 3 is 2.71 bits per heavy atom. The van der Waals surface area contributed by atoms with E-state index in [1.807, 2.05) is 0 Å². The van der Waals surface area contributed by atoms with Crippen molar-refractivity contribution in [1.29, 1.82) is 5.26 Å². The van der Waals surface area contributed by atoms with Gasteiger partial charge in [0.25, 0.3) is 5.59 Å². The molecular weight excluding hydrogens is 110 g/mol. The first-order chi connectivity index (χ1) is 3.31. The fraction of sp³-hybridized carbons (Fsp3) is 0.333. The summed E-state index contributed by atoms with van der Waals surface area (Å²) in [6.45, 7) is 0. The molecule has 0 aliphatic carbocycles. The third-order valence-corrected chi connectivity index (χ3v) is 0.863. The maximum atomic E-state index is 9.98. The highest BCUT2D eigenvalue weighted by Gasteiger charge is 1.97. The lowest BCUT2D eigenvalue weighted by atomic mass is 11.5. The molecule has 3 nitrogen and oxygen atoms in total. The Morgan fingerprint density at radius 2 is 2.57 bits per heavy atom. The summed E-state index contributed by atoms with van der Waals surface area (Å²) >= 11 is 0. The van der Waals surface area contributed by atoms with Gasteiger partial charge in [0, 0.05) is 5.69 Å². The SMILES string of the molecule is COC(=O)[Si]C#N. The van der Waals surface area contributed by atoms with Crippen LogP contribution in [0.1, 0.15) is 0 Å². The lowest BCUT2D eigenvalue weighted by Crippen LogP contribution is -2.05. The number of carbonyl (C=O) groups excluding carboxylic acids is 1. The van der Waals surface area contributed by atoms with Crippen molar-refractivity contribution in [2.45, 2.75) is 0 Å². The maximum Gasteiger partial charge on any atom is 0.334 e. The van der Waals surface area contributed by atoms with E-state index in [4.69, 9.17) is 5.26 Å². The highest BCUT2D eigenvalue weighted by Crippen LogP contribution is 1.68. The van der Waals surface area contributed by atoms with Gasteiger partial charge in [-0.15, -0.1) is 0 Å². The Bertz CT molecular complexity index is 106. The van der Waals surface area contributed by atoms with E-state index in [0.717, 1.165) is 0 Å². The quantitative estimate of drug-likeness (QED) is 0.447. The minimum atomic E-state index is -0.456. The number of hydrogen-bond donors (Lipinski definition) is 0. The van der Waals surface area contributed by atoms with Crippen LogP contribution in [0, 0.1) is 11.0 Å². The zero-order chi connectivity index (χ0) is 5.70. The normalized spacial score (nSPS) is 6.86. The average Bonchev–Trinajstić information content (AvgIpc) is 1.68. The number of ether oxygens (including phenoxy) is 1. The first-order valence-electron chi connectivity index (χ1n) is 1.54. The molecular formula is C3H3NO2Si. The second kappa shape index (κ2) is 3.37. The van der Waals surface area contributed by atoms with Gasteiger partial charge in [0.05, 0.1) is 7.11 Å². The lowest BCUT2D eigenvalue weighted by Gasteiger charge is -1.84. The van der Waals surface area contributed by atoms with Gasteiger partial charge >= 0.3 is 9.52 Å². The van der Waals surface area contributed by atoms with E-state index in [1.165, 1.54) is 7.11 Å². The second-order valence-corrected chi connectivity index (χ2v) is 1.61. The smallest absolute Gasteiger partial charge is 0.334 e. The van der Waals surface area contributed by atoms with Crippen molar-refractivity contribution >= 4 is 15.1 Å². The third kappa shape index (κ3) is 2.99. The van der Waals surface area contributed by atoms with Crippen LogP contribution in [0.5, 0.6) is 0 Å². The molecule has 0 bridgehead atoms. The van der Waals surface area contributed by atoms with Crippen molar-refractivity contribution in [3.8, 4) is 5.69 Å². The third-order valence-electron chi connectivity index (χ3n) is 0.343. The van der Waals surface area contributed by atoms with E-state index in [2.05, 4.69) is 4.74 Å². The Balaban J connectivity index is 3.23. The number of rotatable bonds is 1. The number of nitriles is 1. The molecule has 0 N–H and O–H groups in total. The van der Waals surface area contributed by atoms with E-state index in [9.17, 15) is 4.79 Å². The highest BCUT2D eigenvalue weighted by molar-refractivity contribution is 6.77. The molecule has 0 aromatic heterocycles. The molecule has 0 aromatic rings. The molecule has 0 heterocycles. The van der Waals surface area contributed by atoms with E-state index in [0.29, 0.717) is 0 Å². The van der Waals surface area contributed by atoms with E-state index < -0.39 is 5.59 Å². The molecule has 0 saturated heterocycles. The lowest BCUT2D eigenvalue weighted by molar-refractivity contribution is 0.198. The van der Waals surface area contributed by atoms with Crippen molar-refractivity contribution in [2.75, 3.05) is 7.11 Å². The van der Waals surface area contributed by atoms with Crippen LogP contribution in [0.25, 0.3) is 0 Å². The first kappa shape index (κ1) is 6.18. The fourth-order valence-electron chi connectivity index (χ4n) is 0.0967. The summed E-state index contributed by atoms with van der Waals surface area (Å²) < 4.78 is 4.14. The Kier molecular flexibility index (Phi) is 2.97. The van der Waals surface area contributed by atoms with Crippen LogP contribution in [0.2, 0.25) is 0 Å². The van der Waals surface area contributed by atoms with Gasteiger partial charge < -0.3 is 4.74 Å². The Hall–Kier alpha value is -0.823. The highest BCUT2D eigenvalue weighted by atomic mass is 28.2. The topological polar surface area (TPSA) is 50.1 Å². The summed E-state index contributed by atoms with van der Waals surface area (Å²) in [6, 6.07) is 0. The zero-order valence-corrected chi connectivity index (χ0v) is 4.76. The molecule has 0 aliphatic rings. The molecule has 0 amide bonds. The van der Waals surface area contributed by atoms with Crippen LogP contribution in [0.4, 0.5) is 4.79 Å². The molecule has 0 rings (SSSR count). The zero-order valence-electron chi connectivity index (χ0n) is 3.76. The van der Waals surface area contributed by atoms with Crippen LogP contribution >= 0.6 is 0 Å². The van der Waals surface area contributed by atoms with Crippen LogP contribution < -0.4 is 0 Å². The molecule has 0 atom stereocenters. The van der Waals surface area contributed by atoms with Gasteiger partial charge in [0.2, 0.25) is 0 Å². The van der Waals surface area contributed by atoms with Crippen LogP contribution in [-0.4, -0.2) is 22.2 Å². The number of nitrogens with zero attached hydrogens (tertiary/aromatic N) is 1. The van der Waals surface area contributed by atoms with E-state index >= 15 is 0 Å². The summed E-state index contributed by atoms with van der Waals surface area (Å²) in [6.07, 6.45) is 0. The van der Waals surface area contributed by atoms with Crippen molar-refractivity contribution in [3.05, 3.63) is 0 Å². The second-order valence-electron chi connectivity index (χ2n) is 0.728. The molecule has 4 heteroatoms. The van der Waals surface area contributed by atoms with Crippen LogP contribution in [-0.2, 0) is 4.74 Å². The Morgan fingerprint density at radius 1 is 2.00 bits per heavy atom. The number of carbonyl (C=O) groups is 1. The molecule has 0 aliphatic heterocycles. The van der Waals surface area contributed by atoms with Gasteiger partial charge in [-0.05, 0) is 0 Å². The first-order valence-corrected chi connectivity index (χ1v) is 2.54. The van der Waals surface area contributed by atoms with Gasteiger partial charge in [-0.3, -0.25) is 4.79 Å². The average molecular weight is 113 g/mol. The minimum Gasteiger partial charge on any atom is -0.473 e. The predicted octanol–water partition coefficient (Wildman–Crippen LogP) is -0.0619. The molecule has 0 saturated carbocycles. The monoisotopic (exact) mass is 113 g/mol. The fourth-order valence-corrected chi connectivity index (χ4v) is 0.290. The molecule has 0 fully saturated rings.